The number of hydrogen-bond donors (Lipinski definition) is 1. The summed E-state index contributed by atoms with van der Waals surface area (Å²) in [6.07, 6.45) is 8.14. The molecule has 26 heavy (non-hydrogen) atoms. The second-order valence-electron chi connectivity index (χ2n) is 6.87. The Labute approximate surface area is 166 Å². The van der Waals surface area contributed by atoms with Crippen molar-refractivity contribution in [2.75, 3.05) is 6.54 Å². The molecule has 0 radical (unpaired) electrons. The van der Waals surface area contributed by atoms with Gasteiger partial charge in [-0.15, -0.1) is 11.3 Å². The maximum absolute atomic E-state index is 5.64. The first kappa shape index (κ1) is 19.3. The highest BCUT2D eigenvalue weighted by Crippen LogP contribution is 2.24. The Bertz CT molecular complexity index is 707. The van der Waals surface area contributed by atoms with Crippen molar-refractivity contribution in [3.8, 4) is 0 Å². The lowest BCUT2D eigenvalue weighted by molar-refractivity contribution is 0.134. The highest BCUT2D eigenvalue weighted by molar-refractivity contribution is 7.80. The van der Waals surface area contributed by atoms with Crippen LogP contribution in [0.5, 0.6) is 0 Å². The highest BCUT2D eigenvalue weighted by atomic mass is 32.1. The molecule has 1 atom stereocenters. The lowest BCUT2D eigenvalue weighted by Gasteiger charge is -2.36. The molecule has 0 aliphatic carbocycles. The summed E-state index contributed by atoms with van der Waals surface area (Å²) in [7, 11) is 0. The number of thiophene rings is 1. The van der Waals surface area contributed by atoms with Gasteiger partial charge in [0.15, 0.2) is 0 Å². The van der Waals surface area contributed by atoms with Crippen LogP contribution in [0.4, 0.5) is 0 Å². The van der Waals surface area contributed by atoms with Crippen LogP contribution >= 0.6 is 23.6 Å². The number of nitrogens with one attached hydrogen (secondary N) is 1. The standard InChI is InChI=1S/C22H28N2S2/c1-2-20(21-12-8-16-26-21)23-22(25)14-13-19-11-6-7-15-24(19)17-18-9-4-3-5-10-18/h2-5,8-10,12,16,19H,6-7,11,13-15,17H2,1H3,(H,23,25)/b20-2-. The Balaban J connectivity index is 1.52. The second kappa shape index (κ2) is 10.0. The second-order valence-corrected chi connectivity index (χ2v) is 8.31. The summed E-state index contributed by atoms with van der Waals surface area (Å²) >= 11 is 7.39. The summed E-state index contributed by atoms with van der Waals surface area (Å²) < 4.78 is 0. The van der Waals surface area contributed by atoms with Gasteiger partial charge in [0.1, 0.15) is 0 Å². The molecule has 1 fully saturated rings. The molecule has 1 saturated heterocycles. The largest absolute Gasteiger partial charge is 0.349 e. The van der Waals surface area contributed by atoms with Gasteiger partial charge in [-0.05, 0) is 56.2 Å². The number of benzene rings is 1. The van der Waals surface area contributed by atoms with Crippen LogP contribution in [0.1, 0.15) is 49.5 Å². The van der Waals surface area contributed by atoms with E-state index >= 15 is 0 Å². The van der Waals surface area contributed by atoms with Gasteiger partial charge in [-0.3, -0.25) is 4.90 Å². The van der Waals surface area contributed by atoms with Gasteiger partial charge in [0.25, 0.3) is 0 Å². The Morgan fingerprint density at radius 2 is 2.08 bits per heavy atom. The van der Waals surface area contributed by atoms with Crippen LogP contribution < -0.4 is 5.32 Å². The molecular formula is C22H28N2S2. The van der Waals surface area contributed by atoms with E-state index in [2.05, 4.69) is 71.1 Å². The quantitative estimate of drug-likeness (QED) is 0.602. The van der Waals surface area contributed by atoms with E-state index in [-0.39, 0.29) is 0 Å². The van der Waals surface area contributed by atoms with E-state index in [0.29, 0.717) is 6.04 Å². The first-order valence-electron chi connectivity index (χ1n) is 9.54. The number of rotatable bonds is 7. The summed E-state index contributed by atoms with van der Waals surface area (Å²) in [6, 6.07) is 15.7. The third kappa shape index (κ3) is 5.50. The summed E-state index contributed by atoms with van der Waals surface area (Å²) in [5.41, 5.74) is 2.55. The zero-order valence-electron chi connectivity index (χ0n) is 15.5. The predicted molar refractivity (Wildman–Crippen MR) is 117 cm³/mol. The Hall–Kier alpha value is -1.49. The topological polar surface area (TPSA) is 15.3 Å². The van der Waals surface area contributed by atoms with Gasteiger partial charge in [-0.2, -0.15) is 0 Å². The van der Waals surface area contributed by atoms with Crippen LogP contribution in [0.2, 0.25) is 0 Å². The van der Waals surface area contributed by atoms with Gasteiger partial charge in [0, 0.05) is 12.6 Å². The fraction of sp³-hybridized carbons (Fsp3) is 0.409. The average molecular weight is 385 g/mol. The smallest absolute Gasteiger partial charge is 0.0798 e. The van der Waals surface area contributed by atoms with E-state index in [1.54, 1.807) is 11.3 Å². The molecule has 1 N–H and O–H groups in total. The van der Waals surface area contributed by atoms with E-state index in [4.69, 9.17) is 12.2 Å². The molecule has 2 aromatic rings. The Kier molecular flexibility index (Phi) is 7.42. The lowest BCUT2D eigenvalue weighted by Crippen LogP contribution is -2.39. The number of likely N-dealkylation sites (tertiary alicyclic amines) is 1. The third-order valence-corrected chi connectivity index (χ3v) is 6.24. The van der Waals surface area contributed by atoms with E-state index in [0.717, 1.165) is 30.1 Å². The van der Waals surface area contributed by atoms with Gasteiger partial charge in [-0.25, -0.2) is 0 Å². The van der Waals surface area contributed by atoms with Crippen molar-refractivity contribution in [3.05, 3.63) is 64.4 Å². The average Bonchev–Trinajstić information content (AvgIpc) is 3.21. The van der Waals surface area contributed by atoms with Crippen molar-refractivity contribution >= 4 is 34.2 Å². The molecule has 0 bridgehead atoms. The summed E-state index contributed by atoms with van der Waals surface area (Å²) in [4.78, 5) is 4.85. The first-order valence-corrected chi connectivity index (χ1v) is 10.8. The van der Waals surface area contributed by atoms with Crippen LogP contribution in [-0.2, 0) is 6.54 Å². The van der Waals surface area contributed by atoms with E-state index in [1.807, 2.05) is 0 Å². The molecule has 1 aromatic carbocycles. The molecule has 138 valence electrons. The van der Waals surface area contributed by atoms with Crippen molar-refractivity contribution in [2.24, 2.45) is 0 Å². The normalized spacial score (nSPS) is 18.7. The maximum atomic E-state index is 5.64. The van der Waals surface area contributed by atoms with Crippen LogP contribution in [0.3, 0.4) is 0 Å². The SMILES string of the molecule is C/C=C(\NC(=S)CCC1CCCCN1Cc1ccccc1)c1cccs1. The minimum Gasteiger partial charge on any atom is -0.349 e. The molecular weight excluding hydrogens is 356 g/mol. The van der Waals surface area contributed by atoms with Crippen molar-refractivity contribution in [1.29, 1.82) is 0 Å². The fourth-order valence-electron chi connectivity index (χ4n) is 3.63. The summed E-state index contributed by atoms with van der Waals surface area (Å²) in [5.74, 6) is 0. The minimum atomic E-state index is 0.638. The predicted octanol–water partition coefficient (Wildman–Crippen LogP) is 5.86. The molecule has 2 nitrogen and oxygen atoms in total. The lowest BCUT2D eigenvalue weighted by atomic mass is 9.97. The van der Waals surface area contributed by atoms with Gasteiger partial charge in [-0.1, -0.05) is 61.1 Å². The van der Waals surface area contributed by atoms with Crippen molar-refractivity contribution in [2.45, 2.75) is 51.6 Å². The number of nitrogens with zero attached hydrogens (tertiary/aromatic N) is 1. The van der Waals surface area contributed by atoms with Crippen molar-refractivity contribution in [3.63, 3.8) is 0 Å². The number of thiocarbonyl (C=S) groups is 1. The maximum Gasteiger partial charge on any atom is 0.0798 e. The summed E-state index contributed by atoms with van der Waals surface area (Å²) in [5, 5.41) is 5.56. The van der Waals surface area contributed by atoms with E-state index in [9.17, 15) is 0 Å². The molecule has 4 heteroatoms. The molecule has 0 spiro atoms. The molecule has 0 amide bonds. The minimum absolute atomic E-state index is 0.638. The van der Waals surface area contributed by atoms with Crippen LogP contribution in [0, 0.1) is 0 Å². The molecule has 3 rings (SSSR count). The van der Waals surface area contributed by atoms with Crippen molar-refractivity contribution < 1.29 is 0 Å². The zero-order valence-corrected chi connectivity index (χ0v) is 17.1. The van der Waals surface area contributed by atoms with Gasteiger partial charge >= 0.3 is 0 Å². The Morgan fingerprint density at radius 3 is 2.81 bits per heavy atom. The monoisotopic (exact) mass is 384 g/mol. The number of hydrogen-bond acceptors (Lipinski definition) is 3. The third-order valence-electron chi connectivity index (χ3n) is 5.03. The number of allylic oxidation sites excluding steroid dienone is 1. The first-order chi connectivity index (χ1) is 12.8. The van der Waals surface area contributed by atoms with Crippen LogP contribution in [0.25, 0.3) is 5.70 Å². The molecule has 1 aromatic heterocycles. The van der Waals surface area contributed by atoms with Gasteiger partial charge in [0.2, 0.25) is 0 Å². The highest BCUT2D eigenvalue weighted by Gasteiger charge is 2.22. The number of piperidine rings is 1. The molecule has 0 saturated carbocycles. The Morgan fingerprint density at radius 1 is 1.23 bits per heavy atom. The zero-order chi connectivity index (χ0) is 18.2. The van der Waals surface area contributed by atoms with Crippen molar-refractivity contribution in [1.82, 2.24) is 10.2 Å². The van der Waals surface area contributed by atoms with Crippen LogP contribution in [-0.4, -0.2) is 22.5 Å². The van der Waals surface area contributed by atoms with Crippen LogP contribution in [0.15, 0.2) is 53.9 Å². The molecule has 1 aliphatic heterocycles. The summed E-state index contributed by atoms with van der Waals surface area (Å²) in [6.45, 7) is 4.32. The molecule has 2 heterocycles. The molecule has 1 aliphatic rings. The van der Waals surface area contributed by atoms with E-state index < -0.39 is 0 Å². The van der Waals surface area contributed by atoms with Gasteiger partial charge < -0.3 is 5.32 Å². The molecule has 1 unspecified atom stereocenters. The van der Waals surface area contributed by atoms with Gasteiger partial charge in [0.05, 0.1) is 15.6 Å². The fourth-order valence-corrected chi connectivity index (χ4v) is 4.62. The van der Waals surface area contributed by atoms with E-state index in [1.165, 1.54) is 36.2 Å².